The fraction of sp³-hybridized carbons (Fsp3) is 0.286. The molecule has 0 radical (unpaired) electrons. The fourth-order valence-electron chi connectivity index (χ4n) is 1.50. The van der Waals surface area contributed by atoms with Crippen LogP contribution < -0.4 is 0 Å². The zero-order chi connectivity index (χ0) is 10.4. The molecule has 1 atom stereocenters. The molecule has 0 aliphatic rings. The van der Waals surface area contributed by atoms with Crippen molar-refractivity contribution in [1.82, 2.24) is 0 Å². The van der Waals surface area contributed by atoms with Gasteiger partial charge in [-0.1, -0.05) is 55.5 Å². The molecule has 1 aromatic rings. The standard InChI is InChI=1S/C14H18/c1-4-6-12-14(3,5-2)13-10-8-7-9-11-13/h4-11H,2,12H2,1,3H3/b6-4+/t14-/m1/s1. The van der Waals surface area contributed by atoms with E-state index in [-0.39, 0.29) is 5.41 Å². The zero-order valence-corrected chi connectivity index (χ0v) is 9.03. The highest BCUT2D eigenvalue weighted by Gasteiger charge is 2.20. The highest BCUT2D eigenvalue weighted by molar-refractivity contribution is 5.30. The van der Waals surface area contributed by atoms with Crippen LogP contribution in [0, 0.1) is 0 Å². The Kier molecular flexibility index (Phi) is 3.70. The van der Waals surface area contributed by atoms with Crippen LogP contribution in [-0.2, 0) is 5.41 Å². The van der Waals surface area contributed by atoms with Gasteiger partial charge in [0.2, 0.25) is 0 Å². The molecule has 0 aliphatic heterocycles. The second-order valence-electron chi connectivity index (χ2n) is 3.76. The molecule has 74 valence electrons. The lowest BCUT2D eigenvalue weighted by molar-refractivity contribution is 0.606. The van der Waals surface area contributed by atoms with E-state index in [9.17, 15) is 0 Å². The lowest BCUT2D eigenvalue weighted by atomic mass is 9.79. The number of rotatable bonds is 4. The monoisotopic (exact) mass is 186 g/mol. The van der Waals surface area contributed by atoms with Crippen molar-refractivity contribution in [1.29, 1.82) is 0 Å². The van der Waals surface area contributed by atoms with Crippen LogP contribution in [0.5, 0.6) is 0 Å². The quantitative estimate of drug-likeness (QED) is 0.621. The van der Waals surface area contributed by atoms with Crippen LogP contribution in [0.4, 0.5) is 0 Å². The van der Waals surface area contributed by atoms with Gasteiger partial charge in [0.15, 0.2) is 0 Å². The van der Waals surface area contributed by atoms with Gasteiger partial charge >= 0.3 is 0 Å². The second kappa shape index (κ2) is 4.80. The predicted octanol–water partition coefficient (Wildman–Crippen LogP) is 4.10. The van der Waals surface area contributed by atoms with Crippen molar-refractivity contribution in [3.63, 3.8) is 0 Å². The van der Waals surface area contributed by atoms with Gasteiger partial charge < -0.3 is 0 Å². The van der Waals surface area contributed by atoms with Crippen molar-refractivity contribution in [2.75, 3.05) is 0 Å². The number of hydrogen-bond acceptors (Lipinski definition) is 0. The zero-order valence-electron chi connectivity index (χ0n) is 9.03. The predicted molar refractivity (Wildman–Crippen MR) is 63.4 cm³/mol. The highest BCUT2D eigenvalue weighted by atomic mass is 14.2. The maximum atomic E-state index is 3.93. The van der Waals surface area contributed by atoms with E-state index in [1.54, 1.807) is 0 Å². The first-order chi connectivity index (χ1) is 6.73. The molecule has 1 aromatic carbocycles. The first-order valence-corrected chi connectivity index (χ1v) is 5.03. The van der Waals surface area contributed by atoms with Crippen LogP contribution in [0.1, 0.15) is 25.8 Å². The van der Waals surface area contributed by atoms with Crippen LogP contribution in [0.25, 0.3) is 0 Å². The van der Waals surface area contributed by atoms with Crippen LogP contribution in [-0.4, -0.2) is 0 Å². The summed E-state index contributed by atoms with van der Waals surface area (Å²) in [5, 5.41) is 0. The van der Waals surface area contributed by atoms with E-state index in [2.05, 4.69) is 56.8 Å². The first-order valence-electron chi connectivity index (χ1n) is 5.03. The Morgan fingerprint density at radius 3 is 2.43 bits per heavy atom. The SMILES string of the molecule is C=C[C@](C)(C/C=C/C)c1ccccc1. The highest BCUT2D eigenvalue weighted by Crippen LogP contribution is 2.28. The molecule has 14 heavy (non-hydrogen) atoms. The molecule has 0 bridgehead atoms. The molecule has 0 aliphatic carbocycles. The second-order valence-corrected chi connectivity index (χ2v) is 3.76. The van der Waals surface area contributed by atoms with Gasteiger partial charge in [0, 0.05) is 5.41 Å². The Balaban J connectivity index is 2.95. The summed E-state index contributed by atoms with van der Waals surface area (Å²) >= 11 is 0. The summed E-state index contributed by atoms with van der Waals surface area (Å²) in [5.74, 6) is 0. The molecular weight excluding hydrogens is 168 g/mol. The summed E-state index contributed by atoms with van der Waals surface area (Å²) in [6.45, 7) is 8.20. The molecule has 0 amide bonds. The van der Waals surface area contributed by atoms with E-state index < -0.39 is 0 Å². The minimum atomic E-state index is 0.0633. The molecule has 0 fully saturated rings. The number of hydrogen-bond donors (Lipinski definition) is 0. The van der Waals surface area contributed by atoms with E-state index >= 15 is 0 Å². The molecule has 0 spiro atoms. The lowest BCUT2D eigenvalue weighted by Gasteiger charge is -2.24. The van der Waals surface area contributed by atoms with Gasteiger partial charge in [-0.15, -0.1) is 6.58 Å². The van der Waals surface area contributed by atoms with Gasteiger partial charge in [0.25, 0.3) is 0 Å². The van der Waals surface area contributed by atoms with Crippen LogP contribution in [0.15, 0.2) is 55.1 Å². The Morgan fingerprint density at radius 1 is 1.29 bits per heavy atom. The summed E-state index contributed by atoms with van der Waals surface area (Å²) in [5.41, 5.74) is 1.39. The van der Waals surface area contributed by atoms with Crippen LogP contribution in [0.3, 0.4) is 0 Å². The largest absolute Gasteiger partial charge is 0.102 e. The molecule has 0 aromatic heterocycles. The van der Waals surface area contributed by atoms with Crippen LogP contribution >= 0.6 is 0 Å². The Labute approximate surface area is 87.0 Å². The minimum absolute atomic E-state index is 0.0633. The molecule has 0 unspecified atom stereocenters. The normalized spacial score (nSPS) is 15.3. The van der Waals surface area contributed by atoms with Crippen molar-refractivity contribution in [3.8, 4) is 0 Å². The van der Waals surface area contributed by atoms with E-state index in [0.717, 1.165) is 6.42 Å². The van der Waals surface area contributed by atoms with Crippen molar-refractivity contribution in [3.05, 3.63) is 60.7 Å². The molecule has 0 saturated heterocycles. The summed E-state index contributed by atoms with van der Waals surface area (Å²) in [4.78, 5) is 0. The van der Waals surface area contributed by atoms with Crippen molar-refractivity contribution in [2.45, 2.75) is 25.7 Å². The van der Waals surface area contributed by atoms with Crippen LogP contribution in [0.2, 0.25) is 0 Å². The molecule has 0 heteroatoms. The fourth-order valence-corrected chi connectivity index (χ4v) is 1.50. The van der Waals surface area contributed by atoms with E-state index in [1.807, 2.05) is 12.1 Å². The van der Waals surface area contributed by atoms with E-state index in [1.165, 1.54) is 5.56 Å². The van der Waals surface area contributed by atoms with Gasteiger partial charge in [-0.2, -0.15) is 0 Å². The Bertz CT molecular complexity index is 308. The summed E-state index contributed by atoms with van der Waals surface area (Å²) in [7, 11) is 0. The van der Waals surface area contributed by atoms with E-state index in [0.29, 0.717) is 0 Å². The summed E-state index contributed by atoms with van der Waals surface area (Å²) in [6, 6.07) is 10.5. The number of benzene rings is 1. The Morgan fingerprint density at radius 2 is 1.93 bits per heavy atom. The Hall–Kier alpha value is -1.30. The third-order valence-corrected chi connectivity index (χ3v) is 2.66. The van der Waals surface area contributed by atoms with Gasteiger partial charge in [-0.25, -0.2) is 0 Å². The molecule has 1 rings (SSSR count). The molecular formula is C14H18. The molecule has 0 saturated carbocycles. The topological polar surface area (TPSA) is 0 Å². The van der Waals surface area contributed by atoms with Gasteiger partial charge in [-0.3, -0.25) is 0 Å². The van der Waals surface area contributed by atoms with Gasteiger partial charge in [0.1, 0.15) is 0 Å². The molecule has 0 N–H and O–H groups in total. The van der Waals surface area contributed by atoms with Gasteiger partial charge in [0.05, 0.1) is 0 Å². The number of allylic oxidation sites excluding steroid dienone is 3. The maximum absolute atomic E-state index is 3.93. The van der Waals surface area contributed by atoms with Crippen molar-refractivity contribution < 1.29 is 0 Å². The maximum Gasteiger partial charge on any atom is 0.0135 e. The average molecular weight is 186 g/mol. The van der Waals surface area contributed by atoms with E-state index in [4.69, 9.17) is 0 Å². The third kappa shape index (κ3) is 2.35. The van der Waals surface area contributed by atoms with Gasteiger partial charge in [-0.05, 0) is 18.9 Å². The van der Waals surface area contributed by atoms with Crippen molar-refractivity contribution >= 4 is 0 Å². The molecule has 0 nitrogen and oxygen atoms in total. The molecule has 0 heterocycles. The minimum Gasteiger partial charge on any atom is -0.102 e. The average Bonchev–Trinajstić information content (AvgIpc) is 2.27. The summed E-state index contributed by atoms with van der Waals surface area (Å²) in [6.07, 6.45) is 7.32. The van der Waals surface area contributed by atoms with Crippen molar-refractivity contribution in [2.24, 2.45) is 0 Å². The first kappa shape index (κ1) is 10.8. The smallest absolute Gasteiger partial charge is 0.0135 e. The lowest BCUT2D eigenvalue weighted by Crippen LogP contribution is -2.17. The summed E-state index contributed by atoms with van der Waals surface area (Å²) < 4.78 is 0. The third-order valence-electron chi connectivity index (χ3n) is 2.66.